The van der Waals surface area contributed by atoms with Gasteiger partial charge in [-0.1, -0.05) is 19.1 Å². The predicted octanol–water partition coefficient (Wildman–Crippen LogP) is 5.11. The van der Waals surface area contributed by atoms with Crippen molar-refractivity contribution in [3.63, 3.8) is 0 Å². The topological polar surface area (TPSA) is 79.7 Å². The van der Waals surface area contributed by atoms with Crippen LogP contribution in [-0.2, 0) is 9.59 Å². The van der Waals surface area contributed by atoms with E-state index in [4.69, 9.17) is 4.74 Å². The van der Waals surface area contributed by atoms with Gasteiger partial charge >= 0.3 is 0 Å². The van der Waals surface area contributed by atoms with E-state index in [9.17, 15) is 14.7 Å². The van der Waals surface area contributed by atoms with E-state index in [2.05, 4.69) is 4.98 Å². The van der Waals surface area contributed by atoms with Crippen LogP contribution < -0.4 is 9.64 Å². The zero-order valence-corrected chi connectivity index (χ0v) is 18.9. The van der Waals surface area contributed by atoms with Crippen LogP contribution in [0.2, 0.25) is 0 Å². The number of aryl methyl sites for hydroxylation is 1. The maximum Gasteiger partial charge on any atom is 0.300 e. The van der Waals surface area contributed by atoms with Gasteiger partial charge in [-0.3, -0.25) is 19.5 Å². The number of amides is 1. The van der Waals surface area contributed by atoms with Crippen LogP contribution in [0.4, 0.5) is 5.69 Å². The molecular weight excluding hydrogens is 416 g/mol. The number of nitrogens with zero attached hydrogens (tertiary/aromatic N) is 2. The van der Waals surface area contributed by atoms with Crippen LogP contribution in [0.25, 0.3) is 5.76 Å². The van der Waals surface area contributed by atoms with Crippen molar-refractivity contribution in [2.75, 3.05) is 11.5 Å². The summed E-state index contributed by atoms with van der Waals surface area (Å²) in [5.74, 6) is -0.934. The van der Waals surface area contributed by atoms with E-state index in [-0.39, 0.29) is 11.3 Å². The Kier molecular flexibility index (Phi) is 6.27. The second-order valence-corrected chi connectivity index (χ2v) is 8.04. The van der Waals surface area contributed by atoms with E-state index in [0.717, 1.165) is 17.5 Å². The van der Waals surface area contributed by atoms with Gasteiger partial charge in [0.2, 0.25) is 0 Å². The fraction of sp³-hybridized carbons (Fsp3) is 0.222. The highest BCUT2D eigenvalue weighted by Gasteiger charge is 2.47. The van der Waals surface area contributed by atoms with E-state index in [0.29, 0.717) is 29.2 Å². The largest absolute Gasteiger partial charge is 0.507 e. The molecule has 0 bridgehead atoms. The molecule has 0 aliphatic carbocycles. The number of pyridine rings is 1. The van der Waals surface area contributed by atoms with Crippen molar-refractivity contribution in [3.8, 4) is 5.75 Å². The second kappa shape index (κ2) is 9.28. The van der Waals surface area contributed by atoms with E-state index in [1.165, 1.54) is 4.90 Å². The normalized spacial score (nSPS) is 17.4. The summed E-state index contributed by atoms with van der Waals surface area (Å²) in [6, 6.07) is 15.2. The molecule has 2 aromatic carbocycles. The van der Waals surface area contributed by atoms with Crippen LogP contribution >= 0.6 is 0 Å². The van der Waals surface area contributed by atoms with Crippen LogP contribution in [0, 0.1) is 13.8 Å². The van der Waals surface area contributed by atoms with Crippen molar-refractivity contribution < 1.29 is 19.4 Å². The summed E-state index contributed by atoms with van der Waals surface area (Å²) in [6.07, 6.45) is 4.10. The molecule has 3 aromatic rings. The fourth-order valence-electron chi connectivity index (χ4n) is 4.02. The smallest absolute Gasteiger partial charge is 0.300 e. The van der Waals surface area contributed by atoms with Gasteiger partial charge < -0.3 is 9.84 Å². The number of hydrogen-bond acceptors (Lipinski definition) is 5. The number of benzene rings is 2. The van der Waals surface area contributed by atoms with Gasteiger partial charge in [0.25, 0.3) is 11.7 Å². The molecule has 33 heavy (non-hydrogen) atoms. The van der Waals surface area contributed by atoms with Gasteiger partial charge in [0.05, 0.1) is 18.2 Å². The van der Waals surface area contributed by atoms with Crippen LogP contribution in [0.1, 0.15) is 41.6 Å². The quantitative estimate of drug-likeness (QED) is 0.326. The Morgan fingerprint density at radius 1 is 1.03 bits per heavy atom. The maximum absolute atomic E-state index is 13.3. The molecule has 1 amide bonds. The van der Waals surface area contributed by atoms with Gasteiger partial charge in [-0.05, 0) is 79.4 Å². The molecule has 1 aliphatic heterocycles. The molecule has 1 atom stereocenters. The lowest BCUT2D eigenvalue weighted by molar-refractivity contribution is -0.132. The molecule has 1 saturated heterocycles. The molecule has 0 saturated carbocycles. The lowest BCUT2D eigenvalue weighted by Crippen LogP contribution is -2.30. The van der Waals surface area contributed by atoms with Crippen molar-refractivity contribution in [1.82, 2.24) is 4.98 Å². The summed E-state index contributed by atoms with van der Waals surface area (Å²) in [5, 5.41) is 11.2. The molecule has 1 aliphatic rings. The summed E-state index contributed by atoms with van der Waals surface area (Å²) in [5.41, 5.74) is 3.73. The molecule has 168 valence electrons. The first-order chi connectivity index (χ1) is 15.9. The van der Waals surface area contributed by atoms with Crippen LogP contribution in [0.5, 0.6) is 5.75 Å². The first-order valence-electron chi connectivity index (χ1n) is 10.9. The van der Waals surface area contributed by atoms with E-state index < -0.39 is 17.7 Å². The molecule has 2 heterocycles. The molecule has 0 radical (unpaired) electrons. The number of hydrogen-bond donors (Lipinski definition) is 1. The summed E-state index contributed by atoms with van der Waals surface area (Å²) in [7, 11) is 0. The zero-order chi connectivity index (χ0) is 23.5. The van der Waals surface area contributed by atoms with Crippen molar-refractivity contribution in [3.05, 3.63) is 94.8 Å². The molecule has 1 unspecified atom stereocenters. The highest BCUT2D eigenvalue weighted by atomic mass is 16.5. The van der Waals surface area contributed by atoms with E-state index in [1.54, 1.807) is 48.8 Å². The summed E-state index contributed by atoms with van der Waals surface area (Å²) >= 11 is 0. The Balaban J connectivity index is 1.87. The molecule has 6 heteroatoms. The molecular formula is C27H26N2O4. The minimum absolute atomic E-state index is 0.0503. The van der Waals surface area contributed by atoms with Crippen molar-refractivity contribution in [2.24, 2.45) is 0 Å². The minimum Gasteiger partial charge on any atom is -0.507 e. The highest BCUT2D eigenvalue weighted by molar-refractivity contribution is 6.51. The number of aliphatic hydroxyl groups is 1. The predicted molar refractivity (Wildman–Crippen MR) is 127 cm³/mol. The number of ether oxygens (including phenoxy) is 1. The Morgan fingerprint density at radius 3 is 2.39 bits per heavy atom. The average Bonchev–Trinajstić information content (AvgIpc) is 3.10. The van der Waals surface area contributed by atoms with Crippen molar-refractivity contribution >= 4 is 23.1 Å². The standard InChI is InChI=1S/C27H26N2O4/c1-4-16-33-21-10-8-20(9-11-21)25(30)23-24(19-12-14-28-15-13-19)29(27(32)26(23)31)22-7-5-6-17(2)18(22)3/h5-15,24,30H,4,16H2,1-3H3/b25-23+. The lowest BCUT2D eigenvalue weighted by Gasteiger charge is -2.27. The van der Waals surface area contributed by atoms with Crippen molar-refractivity contribution in [2.45, 2.75) is 33.2 Å². The Morgan fingerprint density at radius 2 is 1.73 bits per heavy atom. The number of ketones is 1. The fourth-order valence-corrected chi connectivity index (χ4v) is 4.02. The monoisotopic (exact) mass is 442 g/mol. The van der Waals surface area contributed by atoms with Gasteiger partial charge in [0.1, 0.15) is 11.5 Å². The van der Waals surface area contributed by atoms with Gasteiger partial charge in [0.15, 0.2) is 0 Å². The van der Waals surface area contributed by atoms with Crippen molar-refractivity contribution in [1.29, 1.82) is 0 Å². The van der Waals surface area contributed by atoms with Gasteiger partial charge in [-0.2, -0.15) is 0 Å². The molecule has 6 nitrogen and oxygen atoms in total. The number of carbonyl (C=O) groups excluding carboxylic acids is 2. The molecule has 4 rings (SSSR count). The first kappa shape index (κ1) is 22.3. The third-order valence-corrected chi connectivity index (χ3v) is 5.90. The van der Waals surface area contributed by atoms with Crippen LogP contribution in [-0.4, -0.2) is 28.4 Å². The number of aromatic nitrogens is 1. The number of aliphatic hydroxyl groups excluding tert-OH is 1. The number of anilines is 1. The lowest BCUT2D eigenvalue weighted by atomic mass is 9.95. The Bertz CT molecular complexity index is 1220. The van der Waals surface area contributed by atoms with Crippen LogP contribution in [0.15, 0.2) is 72.6 Å². The summed E-state index contributed by atoms with van der Waals surface area (Å²) in [4.78, 5) is 32.1. The minimum atomic E-state index is -0.774. The third kappa shape index (κ3) is 4.12. The maximum atomic E-state index is 13.3. The van der Waals surface area contributed by atoms with E-state index >= 15 is 0 Å². The third-order valence-electron chi connectivity index (χ3n) is 5.90. The average molecular weight is 443 g/mol. The Hall–Kier alpha value is -3.93. The van der Waals surface area contributed by atoms with Gasteiger partial charge in [-0.15, -0.1) is 0 Å². The first-order valence-corrected chi connectivity index (χ1v) is 10.9. The molecule has 1 fully saturated rings. The Labute approximate surface area is 193 Å². The van der Waals surface area contributed by atoms with Gasteiger partial charge in [-0.25, -0.2) is 0 Å². The number of rotatable bonds is 6. The SMILES string of the molecule is CCCOc1ccc(/C(O)=C2\C(=O)C(=O)N(c3cccc(C)c3C)C2c2ccncc2)cc1. The summed E-state index contributed by atoms with van der Waals surface area (Å²) in [6.45, 7) is 6.49. The summed E-state index contributed by atoms with van der Waals surface area (Å²) < 4.78 is 5.61. The van der Waals surface area contributed by atoms with Gasteiger partial charge in [0, 0.05) is 23.6 Å². The van der Waals surface area contributed by atoms with Crippen LogP contribution in [0.3, 0.4) is 0 Å². The second-order valence-electron chi connectivity index (χ2n) is 8.04. The molecule has 1 aromatic heterocycles. The molecule has 0 spiro atoms. The number of Topliss-reactive ketones (excluding diaryl/α,β-unsaturated/α-hetero) is 1. The molecule has 1 N–H and O–H groups in total. The zero-order valence-electron chi connectivity index (χ0n) is 18.9. The number of carbonyl (C=O) groups is 2. The highest BCUT2D eigenvalue weighted by Crippen LogP contribution is 2.43. The van der Waals surface area contributed by atoms with E-state index in [1.807, 2.05) is 39.0 Å².